The van der Waals surface area contributed by atoms with Crippen LogP contribution in [0.3, 0.4) is 0 Å². The average molecular weight is 276 g/mol. The molecule has 0 unspecified atom stereocenters. The van der Waals surface area contributed by atoms with Crippen molar-refractivity contribution >= 4 is 11.9 Å². The van der Waals surface area contributed by atoms with Crippen LogP contribution in [-0.2, 0) is 11.3 Å². The van der Waals surface area contributed by atoms with Crippen LogP contribution in [0.25, 0.3) is 0 Å². The first-order chi connectivity index (χ1) is 9.63. The molecule has 0 atom stereocenters. The van der Waals surface area contributed by atoms with E-state index in [4.69, 9.17) is 0 Å². The van der Waals surface area contributed by atoms with Gasteiger partial charge in [-0.05, 0) is 25.0 Å². The second-order valence-corrected chi connectivity index (χ2v) is 4.53. The van der Waals surface area contributed by atoms with Crippen molar-refractivity contribution in [3.63, 3.8) is 0 Å². The summed E-state index contributed by atoms with van der Waals surface area (Å²) in [6, 6.07) is 8.22. The van der Waals surface area contributed by atoms with Crippen LogP contribution in [0, 0.1) is 6.92 Å². The highest BCUT2D eigenvalue weighted by molar-refractivity contribution is 5.79. The third kappa shape index (κ3) is 6.22. The number of aliphatic imine (C=N–C) groups is 1. The quantitative estimate of drug-likeness (QED) is 0.415. The van der Waals surface area contributed by atoms with Gasteiger partial charge in [0, 0.05) is 26.6 Å². The lowest BCUT2D eigenvalue weighted by molar-refractivity contribution is -0.118. The Kier molecular flexibility index (Phi) is 7.17. The minimum atomic E-state index is -0.0198. The molecule has 1 aromatic rings. The molecule has 0 saturated carbocycles. The maximum absolute atomic E-state index is 10.8. The van der Waals surface area contributed by atoms with Crippen LogP contribution in [0.15, 0.2) is 29.3 Å². The summed E-state index contributed by atoms with van der Waals surface area (Å²) in [7, 11) is 0. The van der Waals surface area contributed by atoms with Crippen molar-refractivity contribution in [3.05, 3.63) is 35.4 Å². The number of hydrogen-bond acceptors (Lipinski definition) is 2. The van der Waals surface area contributed by atoms with Gasteiger partial charge in [-0.25, -0.2) is 4.99 Å². The Morgan fingerprint density at radius 1 is 1.15 bits per heavy atom. The third-order valence-electron chi connectivity index (χ3n) is 2.80. The number of amides is 1. The van der Waals surface area contributed by atoms with Crippen LogP contribution in [0.2, 0.25) is 0 Å². The topological polar surface area (TPSA) is 65.5 Å². The molecular formula is C15H24N4O. The molecule has 0 aromatic heterocycles. The number of benzene rings is 1. The van der Waals surface area contributed by atoms with Gasteiger partial charge >= 0.3 is 0 Å². The van der Waals surface area contributed by atoms with E-state index >= 15 is 0 Å². The van der Waals surface area contributed by atoms with E-state index < -0.39 is 0 Å². The average Bonchev–Trinajstić information content (AvgIpc) is 2.42. The SMILES string of the molecule is CCNC(=NCc1ccccc1C)NCCNC(C)=O. The highest BCUT2D eigenvalue weighted by Crippen LogP contribution is 2.07. The zero-order valence-corrected chi connectivity index (χ0v) is 12.5. The summed E-state index contributed by atoms with van der Waals surface area (Å²) in [5, 5.41) is 9.12. The highest BCUT2D eigenvalue weighted by atomic mass is 16.1. The van der Waals surface area contributed by atoms with E-state index in [1.807, 2.05) is 19.1 Å². The van der Waals surface area contributed by atoms with E-state index in [1.165, 1.54) is 18.1 Å². The number of guanidine groups is 1. The second-order valence-electron chi connectivity index (χ2n) is 4.53. The molecule has 0 aliphatic carbocycles. The molecule has 1 rings (SSSR count). The van der Waals surface area contributed by atoms with Gasteiger partial charge in [0.05, 0.1) is 6.54 Å². The number of nitrogens with zero attached hydrogens (tertiary/aromatic N) is 1. The Balaban J connectivity index is 2.50. The molecule has 1 aromatic carbocycles. The van der Waals surface area contributed by atoms with Gasteiger partial charge in [0.25, 0.3) is 0 Å². The van der Waals surface area contributed by atoms with Crippen molar-refractivity contribution in [2.75, 3.05) is 19.6 Å². The molecule has 1 amide bonds. The summed E-state index contributed by atoms with van der Waals surface area (Å²) in [5.74, 6) is 0.745. The van der Waals surface area contributed by atoms with Gasteiger partial charge in [0.1, 0.15) is 0 Å². The number of rotatable bonds is 6. The number of carbonyl (C=O) groups excluding carboxylic acids is 1. The summed E-state index contributed by atoms with van der Waals surface area (Å²) >= 11 is 0. The molecule has 3 N–H and O–H groups in total. The van der Waals surface area contributed by atoms with Crippen LogP contribution in [0.1, 0.15) is 25.0 Å². The van der Waals surface area contributed by atoms with E-state index in [-0.39, 0.29) is 5.91 Å². The van der Waals surface area contributed by atoms with Crippen LogP contribution >= 0.6 is 0 Å². The summed E-state index contributed by atoms with van der Waals surface area (Å²) in [6.45, 7) is 8.31. The number of nitrogens with one attached hydrogen (secondary N) is 3. The Morgan fingerprint density at radius 3 is 2.50 bits per heavy atom. The van der Waals surface area contributed by atoms with Crippen molar-refractivity contribution in [2.24, 2.45) is 4.99 Å². The fourth-order valence-corrected chi connectivity index (χ4v) is 1.71. The van der Waals surface area contributed by atoms with E-state index in [9.17, 15) is 4.79 Å². The first-order valence-corrected chi connectivity index (χ1v) is 6.94. The lowest BCUT2D eigenvalue weighted by atomic mass is 10.1. The Bertz CT molecular complexity index is 457. The molecule has 20 heavy (non-hydrogen) atoms. The van der Waals surface area contributed by atoms with E-state index in [1.54, 1.807) is 0 Å². The third-order valence-corrected chi connectivity index (χ3v) is 2.80. The zero-order valence-electron chi connectivity index (χ0n) is 12.5. The van der Waals surface area contributed by atoms with Gasteiger partial charge in [0.2, 0.25) is 5.91 Å². The molecule has 0 radical (unpaired) electrons. The summed E-state index contributed by atoms with van der Waals surface area (Å²) in [6.07, 6.45) is 0. The maximum Gasteiger partial charge on any atom is 0.216 e. The molecule has 5 heteroatoms. The standard InChI is InChI=1S/C15H24N4O/c1-4-16-15(18-10-9-17-13(3)20)19-11-14-8-6-5-7-12(14)2/h5-8H,4,9-11H2,1-3H3,(H,17,20)(H2,16,18,19). The van der Waals surface area contributed by atoms with Crippen molar-refractivity contribution in [3.8, 4) is 0 Å². The van der Waals surface area contributed by atoms with Crippen LogP contribution in [0.4, 0.5) is 0 Å². The number of hydrogen-bond donors (Lipinski definition) is 3. The minimum Gasteiger partial charge on any atom is -0.357 e. The fraction of sp³-hybridized carbons (Fsp3) is 0.467. The molecule has 0 aliphatic rings. The summed E-state index contributed by atoms with van der Waals surface area (Å²) < 4.78 is 0. The second kappa shape index (κ2) is 8.96. The van der Waals surface area contributed by atoms with Gasteiger partial charge < -0.3 is 16.0 Å². The molecule has 5 nitrogen and oxygen atoms in total. The van der Waals surface area contributed by atoms with E-state index in [0.29, 0.717) is 19.6 Å². The molecule has 0 aliphatic heterocycles. The van der Waals surface area contributed by atoms with Gasteiger partial charge in [-0.1, -0.05) is 24.3 Å². The molecular weight excluding hydrogens is 252 g/mol. The Labute approximate surface area is 120 Å². The van der Waals surface area contributed by atoms with Crippen LogP contribution in [0.5, 0.6) is 0 Å². The van der Waals surface area contributed by atoms with Crippen molar-refractivity contribution < 1.29 is 4.79 Å². The van der Waals surface area contributed by atoms with Gasteiger partial charge in [-0.2, -0.15) is 0 Å². The molecule has 0 bridgehead atoms. The molecule has 0 heterocycles. The zero-order chi connectivity index (χ0) is 14.8. The highest BCUT2D eigenvalue weighted by Gasteiger charge is 1.99. The van der Waals surface area contributed by atoms with Crippen molar-refractivity contribution in [1.82, 2.24) is 16.0 Å². The lowest BCUT2D eigenvalue weighted by Crippen LogP contribution is -2.41. The number of aryl methyl sites for hydroxylation is 1. The Morgan fingerprint density at radius 2 is 1.85 bits per heavy atom. The van der Waals surface area contributed by atoms with Crippen LogP contribution < -0.4 is 16.0 Å². The normalized spacial score (nSPS) is 11.1. The largest absolute Gasteiger partial charge is 0.357 e. The fourth-order valence-electron chi connectivity index (χ4n) is 1.71. The first kappa shape index (κ1) is 16.0. The van der Waals surface area contributed by atoms with Crippen LogP contribution in [-0.4, -0.2) is 31.5 Å². The van der Waals surface area contributed by atoms with E-state index in [2.05, 4.69) is 40.0 Å². The first-order valence-electron chi connectivity index (χ1n) is 6.94. The van der Waals surface area contributed by atoms with E-state index in [0.717, 1.165) is 12.5 Å². The van der Waals surface area contributed by atoms with Crippen molar-refractivity contribution in [2.45, 2.75) is 27.3 Å². The molecule has 0 saturated heterocycles. The maximum atomic E-state index is 10.8. The van der Waals surface area contributed by atoms with Crippen molar-refractivity contribution in [1.29, 1.82) is 0 Å². The smallest absolute Gasteiger partial charge is 0.216 e. The summed E-state index contributed by atoms with van der Waals surface area (Å²) in [4.78, 5) is 15.3. The van der Waals surface area contributed by atoms with Gasteiger partial charge in [-0.3, -0.25) is 4.79 Å². The lowest BCUT2D eigenvalue weighted by Gasteiger charge is -2.12. The molecule has 0 fully saturated rings. The molecule has 110 valence electrons. The minimum absolute atomic E-state index is 0.0198. The predicted molar refractivity (Wildman–Crippen MR) is 82.7 cm³/mol. The predicted octanol–water partition coefficient (Wildman–Crippen LogP) is 1.19. The summed E-state index contributed by atoms with van der Waals surface area (Å²) in [5.41, 5.74) is 2.46. The van der Waals surface area contributed by atoms with Gasteiger partial charge in [-0.15, -0.1) is 0 Å². The number of carbonyl (C=O) groups is 1. The van der Waals surface area contributed by atoms with Gasteiger partial charge in [0.15, 0.2) is 5.96 Å². The Hall–Kier alpha value is -2.04. The monoisotopic (exact) mass is 276 g/mol. The molecule has 0 spiro atoms.